The Bertz CT molecular complexity index is 1600. The number of nitrogens with zero attached hydrogens (tertiary/aromatic N) is 2. The monoisotopic (exact) mass is 399 g/mol. The van der Waals surface area contributed by atoms with Crippen molar-refractivity contribution in [2.24, 2.45) is 0 Å². The number of piperidine rings is 1. The van der Waals surface area contributed by atoms with Crippen molar-refractivity contribution >= 4 is 27.5 Å². The van der Waals surface area contributed by atoms with E-state index in [4.69, 9.17) is 30.3 Å². The molecule has 1 saturated heterocycles. The topological polar surface area (TPSA) is 74.6 Å². The minimum atomic E-state index is -3.84. The zero-order valence-corrected chi connectivity index (χ0v) is 13.7. The molecular weight excluding hydrogens is 350 g/mol. The van der Waals surface area contributed by atoms with Gasteiger partial charge in [-0.05, 0) is 63.8 Å². The Kier molecular flexibility index (Phi) is 1.76. The van der Waals surface area contributed by atoms with Crippen molar-refractivity contribution in [1.82, 2.24) is 14.8 Å². The van der Waals surface area contributed by atoms with Gasteiger partial charge in [-0.2, -0.15) is 0 Å². The number of hydrogen-bond donors (Lipinski definition) is 2. The summed E-state index contributed by atoms with van der Waals surface area (Å²) in [5.41, 5.74) is -3.36. The first-order chi connectivity index (χ1) is 21.2. The van der Waals surface area contributed by atoms with Gasteiger partial charge in [-0.25, -0.2) is 0 Å². The molecule has 0 aliphatic carbocycles. The van der Waals surface area contributed by atoms with Crippen LogP contribution < -0.4 is 10.9 Å². The highest BCUT2D eigenvalue weighted by Gasteiger charge is 2.23. The molecule has 1 aliphatic rings. The Morgan fingerprint density at radius 3 is 3.15 bits per heavy atom. The van der Waals surface area contributed by atoms with Gasteiger partial charge in [0.15, 0.2) is 1.41 Å². The third-order valence-electron chi connectivity index (χ3n) is 3.20. The Labute approximate surface area is 188 Å². The van der Waals surface area contributed by atoms with E-state index in [0.717, 1.165) is 6.07 Å². The normalized spacial score (nSPS) is 41.4. The molecule has 1 amide bonds. The zero-order valence-electron chi connectivity index (χ0n) is 34.9. The van der Waals surface area contributed by atoms with Crippen LogP contribution in [0, 0.1) is 0 Å². The summed E-state index contributed by atoms with van der Waals surface area (Å²) in [5, 5.41) is 2.94. The van der Waals surface area contributed by atoms with Gasteiger partial charge in [0.05, 0.1) is 8.13 Å². The number of carbonyl (C=O) groups is 1. The molecule has 0 aromatic carbocycles. The molecule has 0 radical (unpaired) electrons. The third kappa shape index (κ3) is 3.78. The number of fused-ring (bicyclic) bond motifs is 1. The summed E-state index contributed by atoms with van der Waals surface area (Å²) < 4.78 is 176. The highest BCUT2D eigenvalue weighted by atomic mass is 32.1. The predicted octanol–water partition coefficient (Wildman–Crippen LogP) is 2.96. The first kappa shape index (κ1) is 5.58. The molecule has 1 aliphatic heterocycles. The summed E-state index contributed by atoms with van der Waals surface area (Å²) in [5.74, 6) is -2.96. The van der Waals surface area contributed by atoms with Crippen LogP contribution in [0.1, 0.15) is 83.0 Å². The number of aromatic hydroxyl groups is 1. The maximum Gasteiger partial charge on any atom is 0.293 e. The van der Waals surface area contributed by atoms with Crippen LogP contribution in [0.15, 0.2) is 16.2 Å². The average Bonchev–Trinajstić information content (AvgIpc) is 3.28. The lowest BCUT2D eigenvalue weighted by atomic mass is 10.1. The Morgan fingerprint density at radius 2 is 2.42 bits per heavy atom. The van der Waals surface area contributed by atoms with Crippen LogP contribution in [0.3, 0.4) is 0 Å². The van der Waals surface area contributed by atoms with Crippen molar-refractivity contribution in [2.45, 2.75) is 45.3 Å². The molecule has 6 nitrogen and oxygen atoms in total. The lowest BCUT2D eigenvalue weighted by molar-refractivity contribution is 0.0946. The van der Waals surface area contributed by atoms with Gasteiger partial charge in [-0.1, -0.05) is 6.37 Å². The van der Waals surface area contributed by atoms with Crippen molar-refractivity contribution in [2.75, 3.05) is 26.0 Å². The molecule has 1 fully saturated rings. The zero-order chi connectivity index (χ0) is 37.8. The first-order valence-electron chi connectivity index (χ1n) is 18.0. The number of nitrogens with one attached hydrogen (secondary N) is 1. The molecule has 0 spiro atoms. The summed E-state index contributed by atoms with van der Waals surface area (Å²) in [4.78, 5) is 26.4. The van der Waals surface area contributed by atoms with E-state index < -0.39 is 115 Å². The molecule has 2 aromatic heterocycles. The number of hydrogen-bond acceptors (Lipinski definition) is 5. The maximum absolute atomic E-state index is 13.8. The number of carbonyl (C=O) groups excluding carboxylic acids is 1. The van der Waals surface area contributed by atoms with E-state index in [1.807, 2.05) is 0 Å². The molecule has 3 rings (SSSR count). The van der Waals surface area contributed by atoms with Gasteiger partial charge in [0.1, 0.15) is 16.1 Å². The number of likely N-dealkylation sites (tertiary alicyclic amines) is 1. The molecule has 2 N–H and O–H groups in total. The fraction of sp³-hybridized carbons (Fsp3) is 0.579. The van der Waals surface area contributed by atoms with E-state index in [0.29, 0.717) is 0 Å². The van der Waals surface area contributed by atoms with E-state index in [1.165, 1.54) is 0 Å². The van der Waals surface area contributed by atoms with Crippen molar-refractivity contribution in [1.29, 1.82) is 1.43 Å². The van der Waals surface area contributed by atoms with Crippen molar-refractivity contribution in [3.8, 4) is 5.75 Å². The average molecular weight is 400 g/mol. The van der Waals surface area contributed by atoms with Crippen LogP contribution in [-0.4, -0.2) is 47.9 Å². The van der Waals surface area contributed by atoms with Crippen LogP contribution in [0.2, 0.25) is 1.41 Å². The molecule has 26 heavy (non-hydrogen) atoms. The van der Waals surface area contributed by atoms with Crippen LogP contribution in [0.25, 0.3) is 10.2 Å². The second-order valence-electron chi connectivity index (χ2n) is 4.78. The third-order valence-corrected chi connectivity index (χ3v) is 4.03. The predicted molar refractivity (Wildman–Crippen MR) is 105 cm³/mol. The van der Waals surface area contributed by atoms with Gasteiger partial charge < -0.3 is 15.3 Å². The summed E-state index contributed by atoms with van der Waals surface area (Å²) in [6.45, 7) is -20.2. The van der Waals surface area contributed by atoms with Crippen LogP contribution >= 0.6 is 11.3 Å². The molecule has 0 bridgehead atoms. The van der Waals surface area contributed by atoms with Gasteiger partial charge in [-0.3, -0.25) is 14.2 Å². The van der Waals surface area contributed by atoms with Gasteiger partial charge in [-0.15, -0.1) is 11.3 Å². The molecule has 142 valence electrons. The number of aromatic nitrogens is 1. The van der Waals surface area contributed by atoms with E-state index in [1.54, 1.807) is 0 Å². The number of amides is 1. The van der Waals surface area contributed by atoms with Gasteiger partial charge >= 0.3 is 0 Å². The second-order valence-corrected chi connectivity index (χ2v) is 5.61. The first-order valence-corrected chi connectivity index (χ1v) is 7.84. The van der Waals surface area contributed by atoms with Crippen molar-refractivity contribution in [3.05, 3.63) is 27.3 Å². The standard InChI is InChI=1S/C19H27N3O3S/c1-13(2)22-18(25)15(16(23)14-7-12-26-19(14)22)17(24)20-8-6-11-21-9-4-3-5-10-21/h7,12-13,23H,3-6,8-11H2,1-2H3,(H,20,24)/i1D3,2D3,3D2,4D2,5D2,8D,9D2,10D2,11D,12D,13D/hD2. The fourth-order valence-corrected chi connectivity index (χ4v) is 2.91. The Morgan fingerprint density at radius 1 is 1.62 bits per heavy atom. The van der Waals surface area contributed by atoms with Gasteiger partial charge in [0, 0.05) is 37.2 Å². The highest BCUT2D eigenvalue weighted by molar-refractivity contribution is 7.16. The maximum atomic E-state index is 13.8. The lowest BCUT2D eigenvalue weighted by Gasteiger charge is -2.26. The van der Waals surface area contributed by atoms with Crippen LogP contribution in [0.5, 0.6) is 5.75 Å². The molecule has 7 heteroatoms. The molecule has 2 aromatic rings. The molecule has 2 unspecified atom stereocenters. The van der Waals surface area contributed by atoms with E-state index in [9.17, 15) is 9.59 Å². The largest absolute Gasteiger partial charge is 0.506 e. The smallest absolute Gasteiger partial charge is 0.293 e. The molecule has 2 atom stereocenters. The SMILES string of the molecule is [2H]Oc1c(C(=O)N([2H])C([2H])CC([2H])N2C([2H])([2H])C([2H])([2H])C([2H])([2H])C([2H])([2H])C2([2H])[2H])c(=O)n(C([2H])(C([2H])([2H])[2H])C([2H])([2H])[2H])c2sc([2H])cc12. The van der Waals surface area contributed by atoms with E-state index in [-0.39, 0.29) is 20.8 Å². The second kappa shape index (κ2) is 8.22. The number of rotatable bonds is 7. The minimum absolute atomic E-state index is 0.129. The summed E-state index contributed by atoms with van der Waals surface area (Å²) in [6, 6.07) is -3.00. The molecular formula is C19H27N3O3S. The molecule has 3 heterocycles. The summed E-state index contributed by atoms with van der Waals surface area (Å²) in [7, 11) is 0. The number of thiophene rings is 1. The van der Waals surface area contributed by atoms with Crippen LogP contribution in [0.4, 0.5) is 0 Å². The lowest BCUT2D eigenvalue weighted by Crippen LogP contribution is -2.36. The van der Waals surface area contributed by atoms with Gasteiger partial charge in [0.2, 0.25) is 0 Å². The van der Waals surface area contributed by atoms with E-state index >= 15 is 0 Å². The fourth-order valence-electron chi connectivity index (χ4n) is 2.10. The van der Waals surface area contributed by atoms with Crippen molar-refractivity contribution < 1.29 is 38.7 Å². The Balaban J connectivity index is 2.19. The summed E-state index contributed by atoms with van der Waals surface area (Å²) >= 11 is 0.288. The highest BCUT2D eigenvalue weighted by Crippen LogP contribution is 2.31. The van der Waals surface area contributed by atoms with Gasteiger partial charge in [0.25, 0.3) is 12.9 Å². The van der Waals surface area contributed by atoms with Crippen LogP contribution in [-0.2, 0) is 0 Å². The number of pyridine rings is 1. The minimum Gasteiger partial charge on any atom is -0.506 e. The Hall–Kier alpha value is -1.86. The summed E-state index contributed by atoms with van der Waals surface area (Å²) in [6.07, 6.45) is -12.8. The molecule has 0 saturated carbocycles. The van der Waals surface area contributed by atoms with Crippen molar-refractivity contribution in [3.63, 3.8) is 0 Å². The van der Waals surface area contributed by atoms with E-state index in [2.05, 4.69) is 5.11 Å². The quantitative estimate of drug-likeness (QED) is 0.751.